The maximum absolute atomic E-state index is 10.8. The Morgan fingerprint density at radius 2 is 1.81 bits per heavy atom. The average molecular weight is 363 g/mol. The molecular formula is C20H20NaO5+. The molecule has 3 aromatic rings. The number of aliphatic hydroxyl groups excluding tert-OH is 1. The van der Waals surface area contributed by atoms with Crippen molar-refractivity contribution < 1.29 is 53.7 Å². The summed E-state index contributed by atoms with van der Waals surface area (Å²) in [4.78, 5) is 10.8. The zero-order valence-corrected chi connectivity index (χ0v) is 17.1. The summed E-state index contributed by atoms with van der Waals surface area (Å²) in [6.07, 6.45) is -0.908. The summed E-state index contributed by atoms with van der Waals surface area (Å²) in [7, 11) is 0. The number of carboxylic acid groups (broad SMARTS) is 1. The molecular weight excluding hydrogens is 343 g/mol. The molecule has 2 aromatic carbocycles. The summed E-state index contributed by atoms with van der Waals surface area (Å²) in [5, 5.41) is 20.1. The van der Waals surface area contributed by atoms with E-state index in [-0.39, 0.29) is 41.7 Å². The number of aromatic carboxylic acids is 1. The standard InChI is InChI=1S/C20H20O5.Na/c1-12(2)14-5-8-18-15(9-14)10-19(25-18)17(21)11-24-16-6-3-13(4-7-16)20(22)23;/h3-10,12,17,21H,11H2,1-2H3,(H,22,23);/q;+1. The fourth-order valence-corrected chi connectivity index (χ4v) is 2.56. The Morgan fingerprint density at radius 1 is 1.12 bits per heavy atom. The SMILES string of the molecule is CC(C)c1ccc2oc(C(O)COc3ccc(C(=O)O)cc3)cc2c1.[Na+]. The van der Waals surface area contributed by atoms with E-state index in [9.17, 15) is 9.90 Å². The van der Waals surface area contributed by atoms with Gasteiger partial charge >= 0.3 is 35.5 Å². The summed E-state index contributed by atoms with van der Waals surface area (Å²) in [5.41, 5.74) is 2.12. The van der Waals surface area contributed by atoms with Gasteiger partial charge in [0.15, 0.2) is 0 Å². The van der Waals surface area contributed by atoms with Crippen molar-refractivity contribution in [3.8, 4) is 5.75 Å². The molecule has 0 saturated carbocycles. The van der Waals surface area contributed by atoms with Crippen LogP contribution in [0.5, 0.6) is 5.75 Å². The van der Waals surface area contributed by atoms with Crippen LogP contribution < -0.4 is 34.3 Å². The molecule has 1 aromatic heterocycles. The van der Waals surface area contributed by atoms with E-state index in [1.807, 2.05) is 18.2 Å². The molecule has 0 bridgehead atoms. The van der Waals surface area contributed by atoms with E-state index in [0.717, 1.165) is 11.0 Å². The molecule has 0 amide bonds. The molecule has 0 saturated heterocycles. The fourth-order valence-electron chi connectivity index (χ4n) is 2.56. The molecule has 2 N–H and O–H groups in total. The minimum atomic E-state index is -0.991. The number of carbonyl (C=O) groups is 1. The van der Waals surface area contributed by atoms with Gasteiger partial charge in [0, 0.05) is 5.39 Å². The van der Waals surface area contributed by atoms with Gasteiger partial charge in [-0.25, -0.2) is 4.79 Å². The monoisotopic (exact) mass is 363 g/mol. The van der Waals surface area contributed by atoms with Crippen molar-refractivity contribution in [3.63, 3.8) is 0 Å². The number of aliphatic hydroxyl groups is 1. The third-order valence-corrected chi connectivity index (χ3v) is 4.06. The summed E-state index contributed by atoms with van der Waals surface area (Å²) < 4.78 is 11.2. The first-order chi connectivity index (χ1) is 11.9. The number of benzene rings is 2. The van der Waals surface area contributed by atoms with Crippen LogP contribution in [0.25, 0.3) is 11.0 Å². The van der Waals surface area contributed by atoms with E-state index >= 15 is 0 Å². The number of fused-ring (bicyclic) bond motifs is 1. The van der Waals surface area contributed by atoms with Crippen LogP contribution in [-0.2, 0) is 0 Å². The second kappa shape index (κ2) is 8.73. The minimum Gasteiger partial charge on any atom is -0.490 e. The number of hydrogen-bond acceptors (Lipinski definition) is 4. The van der Waals surface area contributed by atoms with Gasteiger partial charge in [-0.2, -0.15) is 0 Å². The van der Waals surface area contributed by atoms with Crippen molar-refractivity contribution >= 4 is 16.9 Å². The number of hydrogen-bond donors (Lipinski definition) is 2. The largest absolute Gasteiger partial charge is 1.00 e. The zero-order chi connectivity index (χ0) is 18.0. The maximum atomic E-state index is 10.8. The van der Waals surface area contributed by atoms with Gasteiger partial charge in [0.05, 0.1) is 5.56 Å². The minimum absolute atomic E-state index is 0. The van der Waals surface area contributed by atoms with Crippen LogP contribution in [-0.4, -0.2) is 22.8 Å². The van der Waals surface area contributed by atoms with Crippen LogP contribution in [0.2, 0.25) is 0 Å². The molecule has 0 spiro atoms. The summed E-state index contributed by atoms with van der Waals surface area (Å²) in [6.45, 7) is 4.27. The van der Waals surface area contributed by atoms with Gasteiger partial charge in [-0.3, -0.25) is 0 Å². The van der Waals surface area contributed by atoms with Crippen molar-refractivity contribution in [2.24, 2.45) is 0 Å². The Labute approximate surface area is 173 Å². The van der Waals surface area contributed by atoms with Crippen LogP contribution in [0.15, 0.2) is 52.9 Å². The van der Waals surface area contributed by atoms with E-state index in [2.05, 4.69) is 19.9 Å². The van der Waals surface area contributed by atoms with E-state index in [0.29, 0.717) is 17.4 Å². The van der Waals surface area contributed by atoms with Crippen LogP contribution in [0.4, 0.5) is 0 Å². The molecule has 0 aliphatic carbocycles. The van der Waals surface area contributed by atoms with Gasteiger partial charge in [-0.15, -0.1) is 0 Å². The Bertz CT molecular complexity index is 883. The van der Waals surface area contributed by atoms with Gasteiger partial charge in [-0.05, 0) is 53.9 Å². The van der Waals surface area contributed by atoms with Crippen molar-refractivity contribution in [3.05, 3.63) is 65.4 Å². The molecule has 0 radical (unpaired) electrons. The number of ether oxygens (including phenoxy) is 1. The third-order valence-electron chi connectivity index (χ3n) is 4.06. The predicted octanol–water partition coefficient (Wildman–Crippen LogP) is 1.37. The summed E-state index contributed by atoms with van der Waals surface area (Å²) >= 11 is 0. The quantitative estimate of drug-likeness (QED) is 0.647. The fraction of sp³-hybridized carbons (Fsp3) is 0.250. The van der Waals surface area contributed by atoms with Gasteiger partial charge < -0.3 is 19.4 Å². The molecule has 26 heavy (non-hydrogen) atoms. The second-order valence-electron chi connectivity index (χ2n) is 6.26. The van der Waals surface area contributed by atoms with E-state index in [1.165, 1.54) is 17.7 Å². The molecule has 130 valence electrons. The van der Waals surface area contributed by atoms with Gasteiger partial charge in [0.25, 0.3) is 0 Å². The molecule has 0 fully saturated rings. The van der Waals surface area contributed by atoms with Crippen molar-refractivity contribution in [1.29, 1.82) is 0 Å². The normalized spacial score (nSPS) is 12.0. The van der Waals surface area contributed by atoms with Crippen LogP contribution >= 0.6 is 0 Å². The van der Waals surface area contributed by atoms with Crippen molar-refractivity contribution in [2.45, 2.75) is 25.9 Å². The zero-order valence-electron chi connectivity index (χ0n) is 15.1. The number of carboxylic acids is 1. The van der Waals surface area contributed by atoms with E-state index < -0.39 is 12.1 Å². The second-order valence-corrected chi connectivity index (χ2v) is 6.26. The number of rotatable bonds is 6. The summed E-state index contributed by atoms with van der Waals surface area (Å²) in [6, 6.07) is 13.8. The topological polar surface area (TPSA) is 79.9 Å². The first-order valence-electron chi connectivity index (χ1n) is 8.11. The predicted molar refractivity (Wildman–Crippen MR) is 94.2 cm³/mol. The van der Waals surface area contributed by atoms with Gasteiger partial charge in [0.1, 0.15) is 29.8 Å². The van der Waals surface area contributed by atoms with Crippen LogP contribution in [0.1, 0.15) is 47.6 Å². The van der Waals surface area contributed by atoms with Crippen molar-refractivity contribution in [2.75, 3.05) is 6.61 Å². The Kier molecular flexibility index (Phi) is 6.89. The molecule has 1 unspecified atom stereocenters. The average Bonchev–Trinajstić information content (AvgIpc) is 3.03. The van der Waals surface area contributed by atoms with E-state index in [4.69, 9.17) is 14.3 Å². The Hall–Kier alpha value is -1.79. The van der Waals surface area contributed by atoms with Crippen molar-refractivity contribution in [1.82, 2.24) is 0 Å². The van der Waals surface area contributed by atoms with E-state index in [1.54, 1.807) is 12.1 Å². The molecule has 5 nitrogen and oxygen atoms in total. The molecule has 3 rings (SSSR count). The van der Waals surface area contributed by atoms with Crippen LogP contribution in [0.3, 0.4) is 0 Å². The maximum Gasteiger partial charge on any atom is 1.00 e. The molecule has 1 atom stereocenters. The Balaban J connectivity index is 0.00000243. The first-order valence-corrected chi connectivity index (χ1v) is 8.11. The third kappa shape index (κ3) is 4.68. The first kappa shape index (κ1) is 20.5. The molecule has 6 heteroatoms. The molecule has 0 aliphatic heterocycles. The van der Waals surface area contributed by atoms with Gasteiger partial charge in [-0.1, -0.05) is 19.9 Å². The number of furan rings is 1. The van der Waals surface area contributed by atoms with Gasteiger partial charge in [0.2, 0.25) is 0 Å². The Morgan fingerprint density at radius 3 is 2.42 bits per heavy atom. The summed E-state index contributed by atoms with van der Waals surface area (Å²) in [5.74, 6) is 0.361. The molecule has 0 aliphatic rings. The van der Waals surface area contributed by atoms with Crippen LogP contribution in [0, 0.1) is 0 Å². The smallest absolute Gasteiger partial charge is 0.490 e. The molecule has 1 heterocycles.